The smallest absolute Gasteiger partial charge is 0.257 e. The van der Waals surface area contributed by atoms with Crippen LogP contribution in [0.15, 0.2) is 48.5 Å². The van der Waals surface area contributed by atoms with Crippen molar-refractivity contribution in [1.29, 1.82) is 0 Å². The fraction of sp³-hybridized carbons (Fsp3) is 0.364. The van der Waals surface area contributed by atoms with Crippen molar-refractivity contribution in [2.75, 3.05) is 20.2 Å². The van der Waals surface area contributed by atoms with Crippen LogP contribution >= 0.6 is 0 Å². The van der Waals surface area contributed by atoms with E-state index in [0.29, 0.717) is 19.6 Å². The lowest BCUT2D eigenvalue weighted by molar-refractivity contribution is -0.133. The highest BCUT2D eigenvalue weighted by molar-refractivity contribution is 5.98. The molecule has 0 aromatic heterocycles. The Kier molecular flexibility index (Phi) is 6.19. The maximum absolute atomic E-state index is 13.1. The first-order chi connectivity index (χ1) is 13.5. The second-order valence-electron chi connectivity index (χ2n) is 6.93. The maximum Gasteiger partial charge on any atom is 0.257 e. The zero-order valence-electron chi connectivity index (χ0n) is 16.3. The largest absolute Gasteiger partial charge is 0.504 e. The fourth-order valence-electron chi connectivity index (χ4n) is 3.58. The van der Waals surface area contributed by atoms with Gasteiger partial charge in [0.15, 0.2) is 11.5 Å². The summed E-state index contributed by atoms with van der Waals surface area (Å²) in [6.45, 7) is 3.32. The van der Waals surface area contributed by atoms with E-state index in [1.807, 2.05) is 42.2 Å². The van der Waals surface area contributed by atoms with Crippen LogP contribution in [-0.4, -0.2) is 53.0 Å². The monoisotopic (exact) mass is 382 g/mol. The lowest BCUT2D eigenvalue weighted by Crippen LogP contribution is -2.43. The van der Waals surface area contributed by atoms with Gasteiger partial charge in [0.2, 0.25) is 5.91 Å². The Morgan fingerprint density at radius 2 is 1.93 bits per heavy atom. The number of rotatable bonds is 5. The van der Waals surface area contributed by atoms with Gasteiger partial charge in [-0.05, 0) is 24.1 Å². The van der Waals surface area contributed by atoms with E-state index < -0.39 is 0 Å². The van der Waals surface area contributed by atoms with Gasteiger partial charge >= 0.3 is 0 Å². The number of phenolic OH excluding ortho intramolecular Hbond substituents is 1. The SMILES string of the molecule is CC[C@H]1CN(C(=O)c2cccc(OC)c2O)CCC(=O)N1Cc1ccccc1. The highest BCUT2D eigenvalue weighted by Gasteiger charge is 2.32. The molecule has 2 aromatic carbocycles. The van der Waals surface area contributed by atoms with Gasteiger partial charge in [-0.1, -0.05) is 43.3 Å². The molecule has 0 bridgehead atoms. The summed E-state index contributed by atoms with van der Waals surface area (Å²) in [5.41, 5.74) is 1.26. The van der Waals surface area contributed by atoms with Gasteiger partial charge in [-0.2, -0.15) is 0 Å². The van der Waals surface area contributed by atoms with Crippen molar-refractivity contribution in [2.24, 2.45) is 0 Å². The average molecular weight is 382 g/mol. The van der Waals surface area contributed by atoms with Gasteiger partial charge in [0.25, 0.3) is 5.91 Å². The molecule has 2 aromatic rings. The number of hydrogen-bond donors (Lipinski definition) is 1. The number of nitrogens with zero attached hydrogens (tertiary/aromatic N) is 2. The molecule has 0 spiro atoms. The first kappa shape index (κ1) is 19.7. The molecule has 1 saturated heterocycles. The molecule has 148 valence electrons. The quantitative estimate of drug-likeness (QED) is 0.863. The van der Waals surface area contributed by atoms with E-state index in [0.717, 1.165) is 12.0 Å². The van der Waals surface area contributed by atoms with Crippen LogP contribution in [0.4, 0.5) is 0 Å². The number of carbonyl (C=O) groups excluding carboxylic acids is 2. The van der Waals surface area contributed by atoms with Gasteiger partial charge in [-0.15, -0.1) is 0 Å². The molecule has 0 unspecified atom stereocenters. The Balaban J connectivity index is 1.82. The van der Waals surface area contributed by atoms with Crippen molar-refractivity contribution in [3.05, 3.63) is 59.7 Å². The standard InChI is InChI=1S/C22H26N2O4/c1-3-17-15-23(22(27)18-10-7-11-19(28-2)21(18)26)13-12-20(25)24(17)14-16-8-5-4-6-9-16/h4-11,17,26H,3,12-15H2,1-2H3/t17-/m0/s1. The number of carbonyl (C=O) groups is 2. The number of methoxy groups -OCH3 is 1. The third-order valence-corrected chi connectivity index (χ3v) is 5.19. The Bertz CT molecular complexity index is 838. The van der Waals surface area contributed by atoms with E-state index in [9.17, 15) is 14.7 Å². The first-order valence-corrected chi connectivity index (χ1v) is 9.53. The number of benzene rings is 2. The Morgan fingerprint density at radius 3 is 2.61 bits per heavy atom. The average Bonchev–Trinajstić information content (AvgIpc) is 2.88. The third kappa shape index (κ3) is 4.11. The van der Waals surface area contributed by atoms with Crippen molar-refractivity contribution in [3.8, 4) is 11.5 Å². The number of aromatic hydroxyl groups is 1. The minimum atomic E-state index is -0.288. The van der Waals surface area contributed by atoms with Crippen LogP contribution in [0.1, 0.15) is 35.7 Å². The van der Waals surface area contributed by atoms with Crippen molar-refractivity contribution in [1.82, 2.24) is 9.80 Å². The van der Waals surface area contributed by atoms with E-state index in [4.69, 9.17) is 4.74 Å². The molecule has 1 heterocycles. The molecule has 0 radical (unpaired) electrons. The lowest BCUT2D eigenvalue weighted by atomic mass is 10.1. The normalized spacial score (nSPS) is 17.4. The van der Waals surface area contributed by atoms with Crippen molar-refractivity contribution < 1.29 is 19.4 Å². The molecule has 1 fully saturated rings. The second kappa shape index (κ2) is 8.78. The second-order valence-corrected chi connectivity index (χ2v) is 6.93. The topological polar surface area (TPSA) is 70.1 Å². The molecule has 3 rings (SSSR count). The zero-order chi connectivity index (χ0) is 20.1. The van der Waals surface area contributed by atoms with Crippen LogP contribution < -0.4 is 4.74 Å². The molecule has 1 aliphatic rings. The van der Waals surface area contributed by atoms with Gasteiger partial charge < -0.3 is 19.6 Å². The summed E-state index contributed by atoms with van der Waals surface area (Å²) in [7, 11) is 1.45. The molecule has 1 atom stereocenters. The summed E-state index contributed by atoms with van der Waals surface area (Å²) in [6.07, 6.45) is 1.01. The van der Waals surface area contributed by atoms with Crippen molar-refractivity contribution in [3.63, 3.8) is 0 Å². The third-order valence-electron chi connectivity index (χ3n) is 5.19. The highest BCUT2D eigenvalue weighted by Crippen LogP contribution is 2.31. The summed E-state index contributed by atoms with van der Waals surface area (Å²) in [5, 5.41) is 10.3. The molecule has 1 N–H and O–H groups in total. The van der Waals surface area contributed by atoms with Crippen molar-refractivity contribution in [2.45, 2.75) is 32.4 Å². The lowest BCUT2D eigenvalue weighted by Gasteiger charge is -2.31. The molecule has 1 aliphatic heterocycles. The van der Waals surface area contributed by atoms with E-state index in [1.54, 1.807) is 23.1 Å². The Morgan fingerprint density at radius 1 is 1.18 bits per heavy atom. The van der Waals surface area contributed by atoms with E-state index >= 15 is 0 Å². The van der Waals surface area contributed by atoms with Crippen LogP contribution in [0.25, 0.3) is 0 Å². The predicted molar refractivity (Wildman–Crippen MR) is 106 cm³/mol. The Hall–Kier alpha value is -3.02. The van der Waals surface area contributed by atoms with E-state index in [2.05, 4.69) is 0 Å². The minimum absolute atomic E-state index is 0.0425. The van der Waals surface area contributed by atoms with Gasteiger partial charge in [-0.25, -0.2) is 0 Å². The number of ether oxygens (including phenoxy) is 1. The molecular weight excluding hydrogens is 356 g/mol. The maximum atomic E-state index is 13.1. The summed E-state index contributed by atoms with van der Waals surface area (Å²) in [4.78, 5) is 29.4. The number of amides is 2. The molecule has 2 amide bonds. The number of hydrogen-bond acceptors (Lipinski definition) is 4. The Labute approximate surface area is 165 Å². The van der Waals surface area contributed by atoms with Crippen LogP contribution in [0, 0.1) is 0 Å². The molecule has 0 aliphatic carbocycles. The van der Waals surface area contributed by atoms with Gasteiger partial charge in [0, 0.05) is 32.1 Å². The van der Waals surface area contributed by atoms with Crippen LogP contribution in [0.5, 0.6) is 11.5 Å². The van der Waals surface area contributed by atoms with Gasteiger partial charge in [0.05, 0.1) is 12.7 Å². The highest BCUT2D eigenvalue weighted by atomic mass is 16.5. The number of phenols is 1. The molecular formula is C22H26N2O4. The predicted octanol–water partition coefficient (Wildman–Crippen LogP) is 3.05. The summed E-state index contributed by atoms with van der Waals surface area (Å²) in [6, 6.07) is 14.7. The molecule has 0 saturated carbocycles. The molecule has 6 heteroatoms. The van der Waals surface area contributed by atoms with Crippen LogP contribution in [0.3, 0.4) is 0 Å². The summed E-state index contributed by atoms with van der Waals surface area (Å²) in [5.74, 6) is -0.153. The first-order valence-electron chi connectivity index (χ1n) is 9.53. The van der Waals surface area contributed by atoms with E-state index in [-0.39, 0.29) is 41.3 Å². The minimum Gasteiger partial charge on any atom is -0.504 e. The van der Waals surface area contributed by atoms with Gasteiger partial charge in [-0.3, -0.25) is 9.59 Å². The van der Waals surface area contributed by atoms with Crippen molar-refractivity contribution >= 4 is 11.8 Å². The van der Waals surface area contributed by atoms with Gasteiger partial charge in [0.1, 0.15) is 0 Å². The molecule has 6 nitrogen and oxygen atoms in total. The van der Waals surface area contributed by atoms with Crippen LogP contribution in [0.2, 0.25) is 0 Å². The van der Waals surface area contributed by atoms with E-state index in [1.165, 1.54) is 7.11 Å². The summed E-state index contributed by atoms with van der Waals surface area (Å²) >= 11 is 0. The fourth-order valence-corrected chi connectivity index (χ4v) is 3.58. The number of para-hydroxylation sites is 1. The summed E-state index contributed by atoms with van der Waals surface area (Å²) < 4.78 is 5.11. The van der Waals surface area contributed by atoms with Crippen LogP contribution in [-0.2, 0) is 11.3 Å². The molecule has 28 heavy (non-hydrogen) atoms. The zero-order valence-corrected chi connectivity index (χ0v) is 16.3.